The third-order valence-corrected chi connectivity index (χ3v) is 7.02. The monoisotopic (exact) mass is 416 g/mol. The zero-order valence-corrected chi connectivity index (χ0v) is 17.8. The molecule has 1 amide bonds. The summed E-state index contributed by atoms with van der Waals surface area (Å²) < 4.78 is 32.8. The van der Waals surface area contributed by atoms with Crippen LogP contribution in [0.1, 0.15) is 37.3 Å². The molecule has 2 aromatic carbocycles. The molecule has 2 aromatic rings. The van der Waals surface area contributed by atoms with Crippen molar-refractivity contribution >= 4 is 21.6 Å². The van der Waals surface area contributed by atoms with Crippen LogP contribution in [0.3, 0.4) is 0 Å². The normalized spacial score (nSPS) is 15.1. The molecule has 6 nitrogen and oxygen atoms in total. The molecule has 156 valence electrons. The maximum atomic E-state index is 12.8. The molecule has 1 heterocycles. The van der Waals surface area contributed by atoms with Gasteiger partial charge in [-0.1, -0.05) is 31.5 Å². The molecule has 0 unspecified atom stereocenters. The van der Waals surface area contributed by atoms with Crippen molar-refractivity contribution in [2.24, 2.45) is 0 Å². The first kappa shape index (κ1) is 21.3. The van der Waals surface area contributed by atoms with Gasteiger partial charge in [-0.15, -0.1) is 0 Å². The number of carbonyl (C=O) groups excluding carboxylic acids is 1. The highest BCUT2D eigenvalue weighted by molar-refractivity contribution is 7.89. The lowest BCUT2D eigenvalue weighted by Gasteiger charge is -2.26. The number of hydrogen-bond acceptors (Lipinski definition) is 4. The van der Waals surface area contributed by atoms with Gasteiger partial charge in [-0.25, -0.2) is 8.42 Å². The molecular formula is C22H28N2O4S. The van der Waals surface area contributed by atoms with Crippen molar-refractivity contribution < 1.29 is 17.9 Å². The zero-order valence-electron chi connectivity index (χ0n) is 17.0. The smallest absolute Gasteiger partial charge is 0.262 e. The first-order valence-corrected chi connectivity index (χ1v) is 11.5. The topological polar surface area (TPSA) is 75.7 Å². The Balaban J connectivity index is 1.64. The molecule has 1 N–H and O–H groups in total. The molecule has 0 saturated carbocycles. The number of hydrogen-bond donors (Lipinski definition) is 1. The predicted molar refractivity (Wildman–Crippen MR) is 114 cm³/mol. The SMILES string of the molecule is CCc1ccccc1NC(=O)COc1ccc(S(=O)(=O)N2CCCCC2)cc1C. The first-order valence-electron chi connectivity index (χ1n) is 10.0. The van der Waals surface area contributed by atoms with Gasteiger partial charge >= 0.3 is 0 Å². The van der Waals surface area contributed by atoms with Crippen molar-refractivity contribution in [2.45, 2.75) is 44.4 Å². The largest absolute Gasteiger partial charge is 0.483 e. The number of amides is 1. The second kappa shape index (κ2) is 9.41. The summed E-state index contributed by atoms with van der Waals surface area (Å²) in [5.41, 5.74) is 2.53. The Morgan fingerprint density at radius 2 is 1.83 bits per heavy atom. The molecule has 1 aliphatic rings. The number of para-hydroxylation sites is 1. The molecule has 7 heteroatoms. The second-order valence-electron chi connectivity index (χ2n) is 7.24. The molecule has 0 atom stereocenters. The molecule has 0 radical (unpaired) electrons. The van der Waals surface area contributed by atoms with Crippen molar-refractivity contribution in [2.75, 3.05) is 25.0 Å². The van der Waals surface area contributed by atoms with Crippen LogP contribution in [0.2, 0.25) is 0 Å². The quantitative estimate of drug-likeness (QED) is 0.746. The molecular weight excluding hydrogens is 388 g/mol. The van der Waals surface area contributed by atoms with Crippen LogP contribution in [0, 0.1) is 6.92 Å². The van der Waals surface area contributed by atoms with Gasteiger partial charge in [0.25, 0.3) is 5.91 Å². The number of ether oxygens (including phenoxy) is 1. The van der Waals surface area contributed by atoms with E-state index >= 15 is 0 Å². The summed E-state index contributed by atoms with van der Waals surface area (Å²) in [5.74, 6) is 0.247. The number of benzene rings is 2. The van der Waals surface area contributed by atoms with Gasteiger partial charge in [0.15, 0.2) is 6.61 Å². The highest BCUT2D eigenvalue weighted by Crippen LogP contribution is 2.26. The Bertz CT molecular complexity index is 967. The number of nitrogens with zero attached hydrogens (tertiary/aromatic N) is 1. The number of sulfonamides is 1. The van der Waals surface area contributed by atoms with E-state index in [0.717, 1.165) is 36.9 Å². The van der Waals surface area contributed by atoms with Crippen LogP contribution >= 0.6 is 0 Å². The lowest BCUT2D eigenvalue weighted by molar-refractivity contribution is -0.118. The van der Waals surface area contributed by atoms with Gasteiger partial charge in [0.05, 0.1) is 4.90 Å². The zero-order chi connectivity index (χ0) is 20.9. The van der Waals surface area contributed by atoms with Crippen molar-refractivity contribution in [3.63, 3.8) is 0 Å². The molecule has 0 aliphatic carbocycles. The van der Waals surface area contributed by atoms with Crippen LogP contribution < -0.4 is 10.1 Å². The second-order valence-corrected chi connectivity index (χ2v) is 9.18. The van der Waals surface area contributed by atoms with Gasteiger partial charge < -0.3 is 10.1 Å². The molecule has 1 aliphatic heterocycles. The maximum absolute atomic E-state index is 12.8. The average Bonchev–Trinajstić information content (AvgIpc) is 2.73. The van der Waals surface area contributed by atoms with Gasteiger partial charge in [-0.3, -0.25) is 4.79 Å². The molecule has 0 aromatic heterocycles. The van der Waals surface area contributed by atoms with E-state index in [1.807, 2.05) is 31.2 Å². The number of anilines is 1. The average molecular weight is 417 g/mol. The highest BCUT2D eigenvalue weighted by atomic mass is 32.2. The Morgan fingerprint density at radius 1 is 1.10 bits per heavy atom. The Kier molecular flexibility index (Phi) is 6.92. The Hall–Kier alpha value is -2.38. The molecule has 0 spiro atoms. The summed E-state index contributed by atoms with van der Waals surface area (Å²) >= 11 is 0. The summed E-state index contributed by atoms with van der Waals surface area (Å²) in [6, 6.07) is 12.4. The van der Waals surface area contributed by atoms with E-state index in [4.69, 9.17) is 4.74 Å². The number of nitrogens with one attached hydrogen (secondary N) is 1. The Labute approximate surface area is 172 Å². The minimum absolute atomic E-state index is 0.142. The third-order valence-electron chi connectivity index (χ3n) is 5.13. The minimum Gasteiger partial charge on any atom is -0.483 e. The number of piperidine rings is 1. The van der Waals surface area contributed by atoms with E-state index in [1.165, 1.54) is 0 Å². The maximum Gasteiger partial charge on any atom is 0.262 e. The number of carbonyl (C=O) groups is 1. The molecule has 1 fully saturated rings. The predicted octanol–water partition coefficient (Wildman–Crippen LogP) is 3.75. The van der Waals surface area contributed by atoms with Crippen molar-refractivity contribution in [1.29, 1.82) is 0 Å². The van der Waals surface area contributed by atoms with Gasteiger partial charge in [-0.05, 0) is 61.6 Å². The van der Waals surface area contributed by atoms with Gasteiger partial charge in [0.1, 0.15) is 5.75 Å². The van der Waals surface area contributed by atoms with Gasteiger partial charge in [-0.2, -0.15) is 4.31 Å². The molecule has 29 heavy (non-hydrogen) atoms. The molecule has 0 bridgehead atoms. The third kappa shape index (κ3) is 5.16. The summed E-state index contributed by atoms with van der Waals surface area (Å²) in [4.78, 5) is 12.5. The summed E-state index contributed by atoms with van der Waals surface area (Å²) in [6.45, 7) is 4.81. The van der Waals surface area contributed by atoms with Gasteiger partial charge in [0, 0.05) is 18.8 Å². The standard InChI is InChI=1S/C22H28N2O4S/c1-3-18-9-5-6-10-20(18)23-22(25)16-28-21-12-11-19(15-17(21)2)29(26,27)24-13-7-4-8-14-24/h5-6,9-12,15H,3-4,7-8,13-14,16H2,1-2H3,(H,23,25). The van der Waals surface area contributed by atoms with Crippen LogP contribution in [-0.4, -0.2) is 38.3 Å². The van der Waals surface area contributed by atoms with Crippen molar-refractivity contribution in [3.05, 3.63) is 53.6 Å². The van der Waals surface area contributed by atoms with E-state index in [0.29, 0.717) is 24.4 Å². The van der Waals surface area contributed by atoms with E-state index in [-0.39, 0.29) is 17.4 Å². The van der Waals surface area contributed by atoms with Gasteiger partial charge in [0.2, 0.25) is 10.0 Å². The van der Waals surface area contributed by atoms with Crippen molar-refractivity contribution in [1.82, 2.24) is 4.31 Å². The minimum atomic E-state index is -3.48. The van der Waals surface area contributed by atoms with E-state index < -0.39 is 10.0 Å². The van der Waals surface area contributed by atoms with Crippen LogP contribution in [0.4, 0.5) is 5.69 Å². The Morgan fingerprint density at radius 3 is 2.52 bits per heavy atom. The van der Waals surface area contributed by atoms with Crippen molar-refractivity contribution in [3.8, 4) is 5.75 Å². The summed E-state index contributed by atoms with van der Waals surface area (Å²) in [7, 11) is -3.48. The first-order chi connectivity index (χ1) is 13.9. The molecule has 1 saturated heterocycles. The lowest BCUT2D eigenvalue weighted by Crippen LogP contribution is -2.35. The van der Waals surface area contributed by atoms with E-state index in [9.17, 15) is 13.2 Å². The van der Waals surface area contributed by atoms with E-state index in [2.05, 4.69) is 5.32 Å². The lowest BCUT2D eigenvalue weighted by atomic mass is 10.1. The fourth-order valence-electron chi connectivity index (χ4n) is 3.48. The van der Waals surface area contributed by atoms with Crippen LogP contribution in [0.5, 0.6) is 5.75 Å². The number of rotatable bonds is 7. The van der Waals surface area contributed by atoms with Crippen LogP contribution in [0.15, 0.2) is 47.4 Å². The number of aryl methyl sites for hydroxylation is 2. The van der Waals surface area contributed by atoms with Crippen LogP contribution in [0.25, 0.3) is 0 Å². The van der Waals surface area contributed by atoms with E-state index in [1.54, 1.807) is 29.4 Å². The molecule has 3 rings (SSSR count). The fourth-order valence-corrected chi connectivity index (χ4v) is 5.08. The van der Waals surface area contributed by atoms with Crippen LogP contribution in [-0.2, 0) is 21.2 Å². The summed E-state index contributed by atoms with van der Waals surface area (Å²) in [5, 5.41) is 2.86. The highest BCUT2D eigenvalue weighted by Gasteiger charge is 2.26. The summed E-state index contributed by atoms with van der Waals surface area (Å²) in [6.07, 6.45) is 3.69. The fraction of sp³-hybridized carbons (Fsp3) is 0.409.